The number of carbonyl (C=O) groups is 2. The molecular formula is C20H25N3O5S. The molecule has 0 radical (unpaired) electrons. The number of para-hydroxylation sites is 1. The second-order valence-corrected chi connectivity index (χ2v) is 8.14. The molecule has 0 unspecified atom stereocenters. The van der Waals surface area contributed by atoms with Crippen molar-refractivity contribution in [3.8, 4) is 5.75 Å². The van der Waals surface area contributed by atoms with Gasteiger partial charge in [0.15, 0.2) is 0 Å². The average molecular weight is 420 g/mol. The van der Waals surface area contributed by atoms with Gasteiger partial charge in [-0.1, -0.05) is 36.4 Å². The van der Waals surface area contributed by atoms with Gasteiger partial charge in [0.1, 0.15) is 5.75 Å². The minimum atomic E-state index is -3.41. The van der Waals surface area contributed by atoms with Crippen molar-refractivity contribution in [2.75, 3.05) is 20.7 Å². The van der Waals surface area contributed by atoms with E-state index in [1.165, 1.54) is 14.2 Å². The van der Waals surface area contributed by atoms with Gasteiger partial charge in [-0.2, -0.15) is 0 Å². The molecule has 0 fully saturated rings. The van der Waals surface area contributed by atoms with E-state index in [2.05, 4.69) is 15.4 Å². The highest BCUT2D eigenvalue weighted by Crippen LogP contribution is 2.16. The van der Waals surface area contributed by atoms with Crippen LogP contribution in [0.1, 0.15) is 27.9 Å². The van der Waals surface area contributed by atoms with Crippen LogP contribution in [0.5, 0.6) is 5.75 Å². The summed E-state index contributed by atoms with van der Waals surface area (Å²) < 4.78 is 31.0. The van der Waals surface area contributed by atoms with E-state index in [9.17, 15) is 18.0 Å². The zero-order chi connectivity index (χ0) is 21.3. The Morgan fingerprint density at radius 2 is 1.62 bits per heavy atom. The van der Waals surface area contributed by atoms with E-state index >= 15 is 0 Å². The van der Waals surface area contributed by atoms with Gasteiger partial charge >= 0.3 is 0 Å². The quantitative estimate of drug-likeness (QED) is 0.535. The third-order valence-corrected chi connectivity index (χ3v) is 5.55. The Labute approximate surface area is 170 Å². The van der Waals surface area contributed by atoms with E-state index in [-0.39, 0.29) is 37.1 Å². The molecule has 0 aliphatic carbocycles. The summed E-state index contributed by atoms with van der Waals surface area (Å²) in [6.07, 6.45) is 0.0951. The van der Waals surface area contributed by atoms with Crippen molar-refractivity contribution in [2.45, 2.75) is 18.7 Å². The molecule has 2 aromatic carbocycles. The number of hydrogen-bond acceptors (Lipinski definition) is 5. The number of hydrogen-bond donors (Lipinski definition) is 3. The van der Waals surface area contributed by atoms with Crippen LogP contribution in [0.4, 0.5) is 0 Å². The summed E-state index contributed by atoms with van der Waals surface area (Å²) in [5.41, 5.74) is 1.74. The van der Waals surface area contributed by atoms with Crippen LogP contribution in [0.2, 0.25) is 0 Å². The highest BCUT2D eigenvalue weighted by molar-refractivity contribution is 7.88. The Morgan fingerprint density at radius 3 is 2.31 bits per heavy atom. The first-order valence-electron chi connectivity index (χ1n) is 9.02. The van der Waals surface area contributed by atoms with E-state index < -0.39 is 10.0 Å². The minimum absolute atomic E-state index is 0.0951. The molecule has 0 aromatic heterocycles. The van der Waals surface area contributed by atoms with Gasteiger partial charge in [-0.25, -0.2) is 13.1 Å². The van der Waals surface area contributed by atoms with E-state index in [4.69, 9.17) is 4.74 Å². The molecule has 2 aromatic rings. The zero-order valence-electron chi connectivity index (χ0n) is 16.4. The molecule has 0 heterocycles. The van der Waals surface area contributed by atoms with Crippen molar-refractivity contribution in [1.29, 1.82) is 0 Å². The largest absolute Gasteiger partial charge is 0.496 e. The Morgan fingerprint density at radius 1 is 0.966 bits per heavy atom. The molecular weight excluding hydrogens is 394 g/mol. The average Bonchev–Trinajstić information content (AvgIpc) is 2.72. The summed E-state index contributed by atoms with van der Waals surface area (Å²) in [6.45, 7) is 0.368. The van der Waals surface area contributed by atoms with Crippen LogP contribution in [-0.4, -0.2) is 40.9 Å². The topological polar surface area (TPSA) is 114 Å². The minimum Gasteiger partial charge on any atom is -0.496 e. The molecule has 0 spiro atoms. The third-order valence-electron chi connectivity index (χ3n) is 4.24. The SMILES string of the molecule is CNS(=O)(=O)Cc1ccccc1CNC(=O)CCNC(=O)c1ccccc1OC. The zero-order valence-corrected chi connectivity index (χ0v) is 17.2. The van der Waals surface area contributed by atoms with Gasteiger partial charge in [-0.15, -0.1) is 0 Å². The molecule has 0 aliphatic heterocycles. The fourth-order valence-electron chi connectivity index (χ4n) is 2.65. The van der Waals surface area contributed by atoms with Gasteiger partial charge in [-0.3, -0.25) is 9.59 Å². The van der Waals surface area contributed by atoms with Crippen LogP contribution in [0.25, 0.3) is 0 Å². The lowest BCUT2D eigenvalue weighted by Crippen LogP contribution is -2.31. The summed E-state index contributed by atoms with van der Waals surface area (Å²) >= 11 is 0. The maximum Gasteiger partial charge on any atom is 0.255 e. The van der Waals surface area contributed by atoms with Crippen molar-refractivity contribution < 1.29 is 22.7 Å². The smallest absolute Gasteiger partial charge is 0.255 e. The number of carbonyl (C=O) groups excluding carboxylic acids is 2. The van der Waals surface area contributed by atoms with E-state index in [1.54, 1.807) is 48.5 Å². The summed E-state index contributed by atoms with van der Waals surface area (Å²) in [7, 11) is -0.564. The number of sulfonamides is 1. The number of ether oxygens (including phenoxy) is 1. The molecule has 2 amide bonds. The summed E-state index contributed by atoms with van der Waals surface area (Å²) in [5.74, 6) is -0.276. The van der Waals surface area contributed by atoms with Crippen LogP contribution in [0.15, 0.2) is 48.5 Å². The van der Waals surface area contributed by atoms with Gasteiger partial charge in [0.25, 0.3) is 5.91 Å². The molecule has 2 rings (SSSR count). The Kier molecular flexibility index (Phi) is 8.17. The number of nitrogens with one attached hydrogen (secondary N) is 3. The predicted octanol–water partition coefficient (Wildman–Crippen LogP) is 1.18. The van der Waals surface area contributed by atoms with E-state index in [0.29, 0.717) is 16.9 Å². The van der Waals surface area contributed by atoms with Crippen LogP contribution in [0.3, 0.4) is 0 Å². The van der Waals surface area contributed by atoms with E-state index in [1.807, 2.05) is 0 Å². The molecule has 3 N–H and O–H groups in total. The van der Waals surface area contributed by atoms with Gasteiger partial charge in [0.05, 0.1) is 18.4 Å². The lowest BCUT2D eigenvalue weighted by Gasteiger charge is -2.12. The molecule has 0 atom stereocenters. The number of amides is 2. The summed E-state index contributed by atoms with van der Waals surface area (Å²) in [6, 6.07) is 13.8. The van der Waals surface area contributed by atoms with Crippen LogP contribution in [0, 0.1) is 0 Å². The van der Waals surface area contributed by atoms with Crippen molar-refractivity contribution in [3.63, 3.8) is 0 Å². The number of benzene rings is 2. The number of methoxy groups -OCH3 is 1. The molecule has 0 bridgehead atoms. The maximum atomic E-state index is 12.2. The summed E-state index contributed by atoms with van der Waals surface area (Å²) in [5, 5.41) is 5.43. The first-order chi connectivity index (χ1) is 13.9. The third kappa shape index (κ3) is 6.88. The second kappa shape index (κ2) is 10.6. The van der Waals surface area contributed by atoms with Crippen molar-refractivity contribution in [2.24, 2.45) is 0 Å². The van der Waals surface area contributed by atoms with E-state index in [0.717, 1.165) is 5.56 Å². The fraction of sp³-hybridized carbons (Fsp3) is 0.300. The standard InChI is InChI=1S/C20H25N3O5S/c1-21-29(26,27)14-16-8-4-3-7-15(16)13-23-19(24)11-12-22-20(25)17-9-5-6-10-18(17)28-2/h3-10,21H,11-14H2,1-2H3,(H,22,25)(H,23,24). The molecule has 8 nitrogen and oxygen atoms in total. The molecule has 0 aliphatic rings. The number of rotatable bonds is 10. The van der Waals surface area contributed by atoms with Crippen molar-refractivity contribution in [3.05, 3.63) is 65.2 Å². The van der Waals surface area contributed by atoms with Crippen LogP contribution in [-0.2, 0) is 27.1 Å². The first-order valence-corrected chi connectivity index (χ1v) is 10.7. The molecule has 0 saturated carbocycles. The van der Waals surface area contributed by atoms with Gasteiger partial charge in [-0.05, 0) is 30.3 Å². The predicted molar refractivity (Wildman–Crippen MR) is 110 cm³/mol. The molecule has 9 heteroatoms. The highest BCUT2D eigenvalue weighted by Gasteiger charge is 2.13. The Hall–Kier alpha value is -2.91. The van der Waals surface area contributed by atoms with Gasteiger partial charge in [0.2, 0.25) is 15.9 Å². The maximum absolute atomic E-state index is 12.2. The lowest BCUT2D eigenvalue weighted by atomic mass is 10.1. The lowest BCUT2D eigenvalue weighted by molar-refractivity contribution is -0.121. The Balaban J connectivity index is 1.84. The molecule has 156 valence electrons. The van der Waals surface area contributed by atoms with Crippen molar-refractivity contribution in [1.82, 2.24) is 15.4 Å². The molecule has 0 saturated heterocycles. The van der Waals surface area contributed by atoms with Gasteiger partial charge in [0, 0.05) is 19.5 Å². The Bertz CT molecular complexity index is 960. The monoisotopic (exact) mass is 419 g/mol. The van der Waals surface area contributed by atoms with Crippen LogP contribution < -0.4 is 20.1 Å². The fourth-order valence-corrected chi connectivity index (χ4v) is 3.48. The normalized spacial score (nSPS) is 11.0. The summed E-state index contributed by atoms with van der Waals surface area (Å²) in [4.78, 5) is 24.3. The van der Waals surface area contributed by atoms with Crippen LogP contribution >= 0.6 is 0 Å². The second-order valence-electron chi connectivity index (χ2n) is 6.21. The highest BCUT2D eigenvalue weighted by atomic mass is 32.2. The first kappa shape index (κ1) is 22.4. The molecule has 29 heavy (non-hydrogen) atoms. The van der Waals surface area contributed by atoms with Gasteiger partial charge < -0.3 is 15.4 Å². The van der Waals surface area contributed by atoms with Crippen molar-refractivity contribution >= 4 is 21.8 Å².